The Kier molecular flexibility index (Phi) is 3.40. The second kappa shape index (κ2) is 5.07. The van der Waals surface area contributed by atoms with Crippen molar-refractivity contribution in [3.05, 3.63) is 34.3 Å². The Labute approximate surface area is 123 Å². The summed E-state index contributed by atoms with van der Waals surface area (Å²) in [5.74, 6) is 5.29. The normalized spacial score (nSPS) is 28.2. The van der Waals surface area contributed by atoms with Crippen LogP contribution in [0.3, 0.4) is 0 Å². The van der Waals surface area contributed by atoms with Crippen LogP contribution in [-0.2, 0) is 9.59 Å². The summed E-state index contributed by atoms with van der Waals surface area (Å²) < 4.78 is 0. The maximum atomic E-state index is 12.4. The third-order valence-corrected chi connectivity index (χ3v) is 4.71. The van der Waals surface area contributed by atoms with E-state index in [9.17, 15) is 9.59 Å². The molecule has 3 heteroatoms. The first kappa shape index (κ1) is 13.4. The molecule has 0 saturated heterocycles. The first-order valence-corrected chi connectivity index (χ1v) is 7.29. The number of carbonyl (C=O) groups is 2. The van der Waals surface area contributed by atoms with Crippen LogP contribution in [0.2, 0.25) is 5.02 Å². The van der Waals surface area contributed by atoms with Crippen molar-refractivity contribution in [2.75, 3.05) is 0 Å². The van der Waals surface area contributed by atoms with Crippen molar-refractivity contribution in [3.63, 3.8) is 0 Å². The predicted octanol–water partition coefficient (Wildman–Crippen LogP) is 3.36. The molecule has 0 aromatic heterocycles. The van der Waals surface area contributed by atoms with E-state index in [2.05, 4.69) is 11.8 Å². The second-order valence-corrected chi connectivity index (χ2v) is 5.96. The number of fused-ring (bicyclic) bond motifs is 2. The molecule has 0 amide bonds. The van der Waals surface area contributed by atoms with Crippen molar-refractivity contribution < 1.29 is 9.59 Å². The highest BCUT2D eigenvalue weighted by Gasteiger charge is 2.47. The van der Waals surface area contributed by atoms with Crippen LogP contribution in [0.15, 0.2) is 18.2 Å². The summed E-state index contributed by atoms with van der Waals surface area (Å²) in [4.78, 5) is 24.9. The third kappa shape index (κ3) is 2.07. The van der Waals surface area contributed by atoms with E-state index >= 15 is 0 Å². The minimum Gasteiger partial charge on any atom is -0.298 e. The maximum absolute atomic E-state index is 12.4. The van der Waals surface area contributed by atoms with Crippen molar-refractivity contribution in [2.24, 2.45) is 11.8 Å². The highest BCUT2D eigenvalue weighted by molar-refractivity contribution is 6.32. The van der Waals surface area contributed by atoms with Crippen molar-refractivity contribution in [2.45, 2.75) is 32.1 Å². The smallest absolute Gasteiger partial charge is 0.150 e. The molecule has 20 heavy (non-hydrogen) atoms. The fourth-order valence-electron chi connectivity index (χ4n) is 3.40. The van der Waals surface area contributed by atoms with Gasteiger partial charge < -0.3 is 0 Å². The molecule has 0 spiro atoms. The summed E-state index contributed by atoms with van der Waals surface area (Å²) in [6.07, 6.45) is 2.44. The van der Waals surface area contributed by atoms with Crippen molar-refractivity contribution >= 4 is 23.2 Å². The number of benzene rings is 1. The van der Waals surface area contributed by atoms with Gasteiger partial charge in [-0.3, -0.25) is 9.59 Å². The molecule has 2 atom stereocenters. The summed E-state index contributed by atoms with van der Waals surface area (Å²) in [7, 11) is 0. The Bertz CT molecular complexity index is 629. The fraction of sp³-hybridized carbons (Fsp3) is 0.412. The molecule has 2 nitrogen and oxygen atoms in total. The number of ketones is 2. The number of halogens is 1. The quantitative estimate of drug-likeness (QED) is 0.586. The average molecular weight is 287 g/mol. The maximum Gasteiger partial charge on any atom is 0.150 e. The van der Waals surface area contributed by atoms with E-state index in [4.69, 9.17) is 11.6 Å². The summed E-state index contributed by atoms with van der Waals surface area (Å²) in [5.41, 5.74) is 1.46. The molecular formula is C17H15ClO2. The molecule has 2 fully saturated rings. The first-order chi connectivity index (χ1) is 9.61. The van der Waals surface area contributed by atoms with Gasteiger partial charge in [-0.05, 0) is 43.9 Å². The van der Waals surface area contributed by atoms with Gasteiger partial charge >= 0.3 is 0 Å². The summed E-state index contributed by atoms with van der Waals surface area (Å²) in [6, 6.07) is 5.35. The van der Waals surface area contributed by atoms with Gasteiger partial charge in [0.25, 0.3) is 0 Å². The van der Waals surface area contributed by atoms with Gasteiger partial charge in [0.2, 0.25) is 0 Å². The third-order valence-electron chi connectivity index (χ3n) is 4.39. The minimum absolute atomic E-state index is 0.0499. The molecule has 1 aromatic rings. The monoisotopic (exact) mass is 286 g/mol. The predicted molar refractivity (Wildman–Crippen MR) is 77.6 cm³/mol. The Morgan fingerprint density at radius 1 is 1.15 bits per heavy atom. The molecule has 1 aromatic carbocycles. The van der Waals surface area contributed by atoms with Crippen LogP contribution >= 0.6 is 11.6 Å². The molecule has 2 aliphatic rings. The number of rotatable bonds is 1. The van der Waals surface area contributed by atoms with Crippen LogP contribution in [0.1, 0.15) is 43.2 Å². The van der Waals surface area contributed by atoms with Gasteiger partial charge in [0, 0.05) is 22.4 Å². The molecule has 3 rings (SSSR count). The molecule has 2 aliphatic carbocycles. The van der Waals surface area contributed by atoms with E-state index < -0.39 is 5.92 Å². The van der Waals surface area contributed by atoms with Gasteiger partial charge in [0.15, 0.2) is 11.6 Å². The van der Waals surface area contributed by atoms with E-state index in [1.54, 1.807) is 19.1 Å². The van der Waals surface area contributed by atoms with Crippen LogP contribution in [0.4, 0.5) is 0 Å². The van der Waals surface area contributed by atoms with Crippen LogP contribution in [0.25, 0.3) is 0 Å². The Morgan fingerprint density at radius 2 is 1.80 bits per heavy atom. The lowest BCUT2D eigenvalue weighted by molar-refractivity contribution is -0.135. The first-order valence-electron chi connectivity index (χ1n) is 6.91. The zero-order valence-corrected chi connectivity index (χ0v) is 12.0. The number of hydrogen-bond acceptors (Lipinski definition) is 2. The molecule has 0 radical (unpaired) electrons. The van der Waals surface area contributed by atoms with Crippen molar-refractivity contribution in [1.82, 2.24) is 0 Å². The van der Waals surface area contributed by atoms with Crippen molar-refractivity contribution in [3.8, 4) is 11.8 Å². The van der Waals surface area contributed by atoms with Crippen LogP contribution < -0.4 is 0 Å². The Morgan fingerprint density at radius 3 is 2.35 bits per heavy atom. The van der Waals surface area contributed by atoms with Gasteiger partial charge in [-0.2, -0.15) is 0 Å². The molecule has 2 bridgehead atoms. The lowest BCUT2D eigenvalue weighted by Crippen LogP contribution is -2.34. The summed E-state index contributed by atoms with van der Waals surface area (Å²) >= 11 is 6.27. The lowest BCUT2D eigenvalue weighted by atomic mass is 9.75. The Hall–Kier alpha value is -1.59. The molecule has 0 aliphatic heterocycles. The zero-order valence-electron chi connectivity index (χ0n) is 11.3. The van der Waals surface area contributed by atoms with Gasteiger partial charge in [0.05, 0.1) is 0 Å². The number of carbonyl (C=O) groups excluding carboxylic acids is 2. The molecule has 2 saturated carbocycles. The minimum atomic E-state index is -0.655. The molecule has 0 N–H and O–H groups in total. The number of Topliss-reactive ketones (excluding diaryl/α,β-unsaturated/α-hetero) is 2. The molecule has 2 unspecified atom stereocenters. The molecule has 0 heterocycles. The molecule has 102 valence electrons. The van der Waals surface area contributed by atoms with Gasteiger partial charge in [0.1, 0.15) is 5.92 Å². The highest BCUT2D eigenvalue weighted by Crippen LogP contribution is 2.45. The van der Waals surface area contributed by atoms with Crippen LogP contribution in [0, 0.1) is 23.7 Å². The lowest BCUT2D eigenvalue weighted by Gasteiger charge is -2.26. The van der Waals surface area contributed by atoms with Crippen molar-refractivity contribution in [1.29, 1.82) is 0 Å². The summed E-state index contributed by atoms with van der Waals surface area (Å²) in [5, 5.41) is 0.471. The topological polar surface area (TPSA) is 34.1 Å². The van der Waals surface area contributed by atoms with Gasteiger partial charge in [-0.15, -0.1) is 5.92 Å². The Balaban J connectivity index is 2.01. The average Bonchev–Trinajstić information content (AvgIpc) is 2.86. The molecular weight excluding hydrogens is 272 g/mol. The standard InChI is InChI=1S/C17H15ClO2/c1-2-3-10-4-7-13(14(18)8-10)15-16(19)11-5-6-12(9-11)17(15)20/h4,7-8,11-12,15H,5-6,9H2,1H3. The van der Waals surface area contributed by atoms with E-state index in [1.807, 2.05) is 6.07 Å². The largest absolute Gasteiger partial charge is 0.298 e. The van der Waals surface area contributed by atoms with Crippen LogP contribution in [-0.4, -0.2) is 11.6 Å². The summed E-state index contributed by atoms with van der Waals surface area (Å²) in [6.45, 7) is 1.76. The van der Waals surface area contributed by atoms with Gasteiger partial charge in [-0.1, -0.05) is 23.6 Å². The van der Waals surface area contributed by atoms with Crippen LogP contribution in [0.5, 0.6) is 0 Å². The fourth-order valence-corrected chi connectivity index (χ4v) is 3.69. The highest BCUT2D eigenvalue weighted by atomic mass is 35.5. The van der Waals surface area contributed by atoms with E-state index in [0.29, 0.717) is 10.6 Å². The SMILES string of the molecule is CC#Cc1ccc(C2C(=O)C3CCC(C3)C2=O)c(Cl)c1. The van der Waals surface area contributed by atoms with E-state index in [1.165, 1.54) is 0 Å². The van der Waals surface area contributed by atoms with E-state index in [-0.39, 0.29) is 23.4 Å². The van der Waals surface area contributed by atoms with Gasteiger partial charge in [-0.25, -0.2) is 0 Å². The number of hydrogen-bond donors (Lipinski definition) is 0. The second-order valence-electron chi connectivity index (χ2n) is 5.56. The van der Waals surface area contributed by atoms with E-state index in [0.717, 1.165) is 24.8 Å². The zero-order chi connectivity index (χ0) is 14.3.